The largest absolute Gasteiger partial charge is 0.466 e. The van der Waals surface area contributed by atoms with Crippen molar-refractivity contribution in [2.75, 3.05) is 5.32 Å². The third-order valence-corrected chi connectivity index (χ3v) is 4.99. The molecular weight excluding hydrogens is 316 g/mol. The van der Waals surface area contributed by atoms with Crippen LogP contribution in [0, 0.1) is 0 Å². The first kappa shape index (κ1) is 15.7. The normalized spacial score (nSPS) is 24.4. The SMILES string of the molecule is CC1(C(=O)NC2CCCc3ccccc32)Oc2ccccc2NC1=O. The van der Waals surface area contributed by atoms with E-state index in [1.807, 2.05) is 30.3 Å². The Bertz CT molecular complexity index is 848. The lowest BCUT2D eigenvalue weighted by molar-refractivity contribution is -0.147. The van der Waals surface area contributed by atoms with E-state index in [0.29, 0.717) is 11.4 Å². The van der Waals surface area contributed by atoms with E-state index < -0.39 is 17.4 Å². The molecule has 2 aromatic carbocycles. The van der Waals surface area contributed by atoms with Crippen LogP contribution in [0.15, 0.2) is 48.5 Å². The van der Waals surface area contributed by atoms with Crippen LogP contribution in [0.3, 0.4) is 0 Å². The summed E-state index contributed by atoms with van der Waals surface area (Å²) < 4.78 is 5.80. The molecule has 0 aromatic heterocycles. The number of ether oxygens (including phenoxy) is 1. The van der Waals surface area contributed by atoms with Gasteiger partial charge in [-0.05, 0) is 49.4 Å². The molecule has 5 nitrogen and oxygen atoms in total. The molecule has 0 radical (unpaired) electrons. The van der Waals surface area contributed by atoms with E-state index in [1.54, 1.807) is 12.1 Å². The number of hydrogen-bond acceptors (Lipinski definition) is 3. The van der Waals surface area contributed by atoms with Gasteiger partial charge in [0.15, 0.2) is 0 Å². The quantitative estimate of drug-likeness (QED) is 0.829. The summed E-state index contributed by atoms with van der Waals surface area (Å²) in [5, 5.41) is 5.78. The molecule has 25 heavy (non-hydrogen) atoms. The Balaban J connectivity index is 1.58. The number of para-hydroxylation sites is 2. The molecule has 0 saturated heterocycles. The molecule has 2 aliphatic rings. The van der Waals surface area contributed by atoms with Crippen LogP contribution in [0.2, 0.25) is 0 Å². The summed E-state index contributed by atoms with van der Waals surface area (Å²) in [6.07, 6.45) is 2.88. The van der Waals surface area contributed by atoms with E-state index in [4.69, 9.17) is 4.74 Å². The van der Waals surface area contributed by atoms with Gasteiger partial charge >= 0.3 is 0 Å². The van der Waals surface area contributed by atoms with Gasteiger partial charge < -0.3 is 15.4 Å². The molecule has 0 bridgehead atoms. The minimum absolute atomic E-state index is 0.0946. The second kappa shape index (κ2) is 5.92. The number of nitrogens with one attached hydrogen (secondary N) is 2. The fraction of sp³-hybridized carbons (Fsp3) is 0.300. The van der Waals surface area contributed by atoms with Gasteiger partial charge in [-0.15, -0.1) is 0 Å². The van der Waals surface area contributed by atoms with Crippen molar-refractivity contribution in [3.63, 3.8) is 0 Å². The predicted molar refractivity (Wildman–Crippen MR) is 94.4 cm³/mol. The Morgan fingerprint density at radius 1 is 1.20 bits per heavy atom. The number of rotatable bonds is 2. The van der Waals surface area contributed by atoms with Crippen molar-refractivity contribution in [3.8, 4) is 5.75 Å². The van der Waals surface area contributed by atoms with Gasteiger partial charge in [0.25, 0.3) is 17.4 Å². The number of carbonyl (C=O) groups excluding carboxylic acids is 2. The van der Waals surface area contributed by atoms with E-state index in [2.05, 4.69) is 16.7 Å². The average molecular weight is 336 g/mol. The Kier molecular flexibility index (Phi) is 3.71. The number of anilines is 1. The summed E-state index contributed by atoms with van der Waals surface area (Å²) >= 11 is 0. The molecule has 2 amide bonds. The minimum atomic E-state index is -1.58. The van der Waals surface area contributed by atoms with Crippen molar-refractivity contribution in [3.05, 3.63) is 59.7 Å². The van der Waals surface area contributed by atoms with Gasteiger partial charge in [0.1, 0.15) is 5.75 Å². The highest BCUT2D eigenvalue weighted by molar-refractivity contribution is 6.15. The third kappa shape index (κ3) is 2.65. The average Bonchev–Trinajstić information content (AvgIpc) is 2.63. The fourth-order valence-corrected chi connectivity index (χ4v) is 3.52. The van der Waals surface area contributed by atoms with E-state index in [-0.39, 0.29) is 6.04 Å². The van der Waals surface area contributed by atoms with Gasteiger partial charge in [-0.3, -0.25) is 9.59 Å². The third-order valence-electron chi connectivity index (χ3n) is 4.99. The van der Waals surface area contributed by atoms with Crippen molar-refractivity contribution in [1.82, 2.24) is 5.32 Å². The Labute approximate surface area is 146 Å². The van der Waals surface area contributed by atoms with Crippen LogP contribution >= 0.6 is 0 Å². The van der Waals surface area contributed by atoms with Crippen LogP contribution in [0.1, 0.15) is 36.9 Å². The van der Waals surface area contributed by atoms with Crippen molar-refractivity contribution >= 4 is 17.5 Å². The molecule has 5 heteroatoms. The summed E-state index contributed by atoms with van der Waals surface area (Å²) in [6.45, 7) is 1.52. The summed E-state index contributed by atoms with van der Waals surface area (Å²) in [5.74, 6) is -0.363. The van der Waals surface area contributed by atoms with E-state index in [1.165, 1.54) is 12.5 Å². The summed E-state index contributed by atoms with van der Waals surface area (Å²) in [6, 6.07) is 15.1. The number of hydrogen-bond donors (Lipinski definition) is 2. The number of aryl methyl sites for hydroxylation is 1. The van der Waals surface area contributed by atoms with Crippen molar-refractivity contribution in [2.45, 2.75) is 37.8 Å². The lowest BCUT2D eigenvalue weighted by Crippen LogP contribution is -2.59. The second-order valence-electron chi connectivity index (χ2n) is 6.70. The van der Waals surface area contributed by atoms with Gasteiger partial charge in [-0.1, -0.05) is 36.4 Å². The zero-order valence-electron chi connectivity index (χ0n) is 14.0. The van der Waals surface area contributed by atoms with Crippen LogP contribution in [0.5, 0.6) is 5.75 Å². The molecule has 0 fully saturated rings. The van der Waals surface area contributed by atoms with E-state index in [9.17, 15) is 9.59 Å². The minimum Gasteiger partial charge on any atom is -0.466 e. The molecule has 1 aliphatic carbocycles. The predicted octanol–water partition coefficient (Wildman–Crippen LogP) is 2.97. The molecule has 1 heterocycles. The lowest BCUT2D eigenvalue weighted by atomic mass is 9.87. The van der Waals surface area contributed by atoms with Gasteiger partial charge in [0.05, 0.1) is 11.7 Å². The smallest absolute Gasteiger partial charge is 0.278 e. The van der Waals surface area contributed by atoms with Gasteiger partial charge in [-0.25, -0.2) is 0 Å². The molecule has 2 atom stereocenters. The zero-order valence-corrected chi connectivity index (χ0v) is 14.0. The van der Waals surface area contributed by atoms with Crippen molar-refractivity contribution < 1.29 is 14.3 Å². The maximum atomic E-state index is 12.9. The molecule has 2 unspecified atom stereocenters. The second-order valence-corrected chi connectivity index (χ2v) is 6.70. The van der Waals surface area contributed by atoms with Crippen LogP contribution in [-0.4, -0.2) is 17.4 Å². The number of carbonyl (C=O) groups is 2. The highest BCUT2D eigenvalue weighted by Crippen LogP contribution is 2.35. The van der Waals surface area contributed by atoms with Crippen molar-refractivity contribution in [1.29, 1.82) is 0 Å². The fourth-order valence-electron chi connectivity index (χ4n) is 3.52. The number of fused-ring (bicyclic) bond motifs is 2. The number of benzene rings is 2. The van der Waals surface area contributed by atoms with Crippen LogP contribution in [0.4, 0.5) is 5.69 Å². The number of amides is 2. The topological polar surface area (TPSA) is 67.4 Å². The first-order valence-electron chi connectivity index (χ1n) is 8.56. The molecule has 128 valence electrons. The molecule has 4 rings (SSSR count). The lowest BCUT2D eigenvalue weighted by Gasteiger charge is -2.35. The molecule has 2 N–H and O–H groups in total. The highest BCUT2D eigenvalue weighted by Gasteiger charge is 2.47. The first-order chi connectivity index (χ1) is 12.1. The zero-order chi connectivity index (χ0) is 17.4. The molecule has 2 aromatic rings. The van der Waals surface area contributed by atoms with Gasteiger partial charge in [-0.2, -0.15) is 0 Å². The summed E-state index contributed by atoms with van der Waals surface area (Å²) in [7, 11) is 0. The molecule has 0 spiro atoms. The first-order valence-corrected chi connectivity index (χ1v) is 8.56. The monoisotopic (exact) mass is 336 g/mol. The van der Waals surface area contributed by atoms with Gasteiger partial charge in [0.2, 0.25) is 0 Å². The Hall–Kier alpha value is -2.82. The standard InChI is InChI=1S/C20H20N2O3/c1-20(19(24)22-16-10-4-5-12-17(16)25-20)18(23)21-15-11-6-8-13-7-2-3-9-14(13)15/h2-5,7,9-10,12,15H,6,8,11H2,1H3,(H,21,23)(H,22,24). The Morgan fingerprint density at radius 2 is 1.96 bits per heavy atom. The molecule has 1 aliphatic heterocycles. The molecule has 0 saturated carbocycles. The van der Waals surface area contributed by atoms with Crippen molar-refractivity contribution in [2.24, 2.45) is 0 Å². The maximum absolute atomic E-state index is 12.9. The summed E-state index contributed by atoms with van der Waals surface area (Å²) in [5.41, 5.74) is 1.38. The molecular formula is C20H20N2O3. The maximum Gasteiger partial charge on any atom is 0.278 e. The van der Waals surface area contributed by atoms with E-state index >= 15 is 0 Å². The highest BCUT2D eigenvalue weighted by atomic mass is 16.5. The summed E-state index contributed by atoms with van der Waals surface area (Å²) in [4.78, 5) is 25.4. The van der Waals surface area contributed by atoms with Crippen LogP contribution < -0.4 is 15.4 Å². The van der Waals surface area contributed by atoms with Crippen LogP contribution in [-0.2, 0) is 16.0 Å². The van der Waals surface area contributed by atoms with E-state index in [0.717, 1.165) is 24.8 Å². The van der Waals surface area contributed by atoms with Crippen LogP contribution in [0.25, 0.3) is 0 Å². The Morgan fingerprint density at radius 3 is 2.84 bits per heavy atom. The van der Waals surface area contributed by atoms with Gasteiger partial charge in [0, 0.05) is 0 Å².